The lowest BCUT2D eigenvalue weighted by atomic mass is 9.32. The van der Waals surface area contributed by atoms with Crippen LogP contribution in [0.4, 0.5) is 0 Å². The van der Waals surface area contributed by atoms with Gasteiger partial charge in [0.25, 0.3) is 0 Å². The van der Waals surface area contributed by atoms with E-state index in [-0.39, 0.29) is 56.0 Å². The van der Waals surface area contributed by atoms with Crippen LogP contribution in [0.1, 0.15) is 107 Å². The van der Waals surface area contributed by atoms with E-state index in [2.05, 4.69) is 54.5 Å². The SMILES string of the molecule is CC(=O)[C@@]1(C)CC[C@]2(C)CC[C@]3(C)[C@H](C(=O)C[C@@H]4[C@@]5(C)C=CC(=O)C(C)(C)[C@@H]5CC[C@]43C)[C@@H]2C1. The number of rotatable bonds is 1. The van der Waals surface area contributed by atoms with Crippen LogP contribution in [-0.4, -0.2) is 17.3 Å². The highest BCUT2D eigenvalue weighted by Crippen LogP contribution is 2.75. The summed E-state index contributed by atoms with van der Waals surface area (Å²) in [5.41, 5.74) is -0.625. The predicted octanol–water partition coefficient (Wildman–Crippen LogP) is 6.98. The van der Waals surface area contributed by atoms with Gasteiger partial charge < -0.3 is 0 Å². The molecule has 0 bridgehead atoms. The van der Waals surface area contributed by atoms with Crippen molar-refractivity contribution in [2.75, 3.05) is 0 Å². The minimum Gasteiger partial charge on any atom is -0.299 e. The van der Waals surface area contributed by atoms with Crippen LogP contribution in [0, 0.1) is 56.2 Å². The smallest absolute Gasteiger partial charge is 0.161 e. The molecule has 5 aliphatic rings. The van der Waals surface area contributed by atoms with Gasteiger partial charge >= 0.3 is 0 Å². The summed E-state index contributed by atoms with van der Waals surface area (Å²) in [6.45, 7) is 17.8. The third-order valence-corrected chi connectivity index (χ3v) is 13.3. The molecule has 0 heterocycles. The first-order valence-electron chi connectivity index (χ1n) is 13.8. The third kappa shape index (κ3) is 2.79. The standard InChI is InChI=1S/C31H46O3/c1-19(32)28(5)14-13-27(4)15-16-31(8)25(20(27)18-28)21(33)17-23-29(6)11-10-24(34)26(2,3)22(29)9-12-30(23,31)7/h10-11,20,22-23,25H,9,12-18H2,1-8H3/t20-,22-,23+,25-,27+,28-,29-,30+,31+/m0/s1. The van der Waals surface area contributed by atoms with Gasteiger partial charge in [-0.25, -0.2) is 0 Å². The summed E-state index contributed by atoms with van der Waals surface area (Å²) in [7, 11) is 0. The summed E-state index contributed by atoms with van der Waals surface area (Å²) < 4.78 is 0. The lowest BCUT2D eigenvalue weighted by Gasteiger charge is -2.71. The van der Waals surface area contributed by atoms with Gasteiger partial charge in [-0.3, -0.25) is 14.4 Å². The molecule has 0 saturated heterocycles. The maximum absolute atomic E-state index is 14.3. The Morgan fingerprint density at radius 1 is 0.853 bits per heavy atom. The number of carbonyl (C=O) groups excluding carboxylic acids is 3. The van der Waals surface area contributed by atoms with E-state index in [0.29, 0.717) is 23.9 Å². The van der Waals surface area contributed by atoms with Gasteiger partial charge in [0.05, 0.1) is 0 Å². The predicted molar refractivity (Wildman–Crippen MR) is 135 cm³/mol. The topological polar surface area (TPSA) is 51.2 Å². The number of ketones is 3. The molecule has 0 radical (unpaired) electrons. The molecule has 34 heavy (non-hydrogen) atoms. The minimum atomic E-state index is -0.372. The normalized spacial score (nSPS) is 53.9. The second-order valence-electron chi connectivity index (χ2n) is 15.0. The van der Waals surface area contributed by atoms with Crippen molar-refractivity contribution in [2.45, 2.75) is 107 Å². The van der Waals surface area contributed by atoms with Crippen molar-refractivity contribution in [1.29, 1.82) is 0 Å². The monoisotopic (exact) mass is 466 g/mol. The fourth-order valence-electron chi connectivity index (χ4n) is 10.4. The molecule has 4 saturated carbocycles. The lowest BCUT2D eigenvalue weighted by molar-refractivity contribution is -0.220. The number of allylic oxidation sites excluding steroid dienone is 2. The Bertz CT molecular complexity index is 991. The molecule has 0 unspecified atom stereocenters. The Balaban J connectivity index is 1.59. The number of hydrogen-bond donors (Lipinski definition) is 0. The van der Waals surface area contributed by atoms with Gasteiger partial charge in [-0.15, -0.1) is 0 Å². The van der Waals surface area contributed by atoms with Crippen LogP contribution in [0.5, 0.6) is 0 Å². The molecular weight excluding hydrogens is 420 g/mol. The molecule has 0 amide bonds. The van der Waals surface area contributed by atoms with Gasteiger partial charge in [0.15, 0.2) is 5.78 Å². The molecule has 4 fully saturated rings. The fourth-order valence-corrected chi connectivity index (χ4v) is 10.4. The summed E-state index contributed by atoms with van der Waals surface area (Å²) in [5, 5.41) is 0. The van der Waals surface area contributed by atoms with Crippen molar-refractivity contribution >= 4 is 17.3 Å². The van der Waals surface area contributed by atoms with Gasteiger partial charge in [-0.1, -0.05) is 54.5 Å². The Hall–Kier alpha value is -1.25. The Labute approximate surface area is 206 Å². The Morgan fingerprint density at radius 3 is 2.15 bits per heavy atom. The molecule has 9 atom stereocenters. The highest BCUT2D eigenvalue weighted by Gasteiger charge is 2.71. The zero-order valence-corrected chi connectivity index (χ0v) is 22.8. The average molecular weight is 467 g/mol. The molecular formula is C31H46O3. The van der Waals surface area contributed by atoms with E-state index in [1.54, 1.807) is 6.92 Å². The van der Waals surface area contributed by atoms with Crippen LogP contribution in [0.2, 0.25) is 0 Å². The first-order chi connectivity index (χ1) is 15.6. The van der Waals surface area contributed by atoms with Crippen molar-refractivity contribution < 1.29 is 14.4 Å². The molecule has 0 spiro atoms. The first-order valence-corrected chi connectivity index (χ1v) is 13.8. The number of hydrogen-bond acceptors (Lipinski definition) is 3. The van der Waals surface area contributed by atoms with Crippen molar-refractivity contribution in [1.82, 2.24) is 0 Å². The lowest BCUT2D eigenvalue weighted by Crippen LogP contribution is -2.68. The van der Waals surface area contributed by atoms with Crippen LogP contribution in [0.3, 0.4) is 0 Å². The number of carbonyl (C=O) groups is 3. The summed E-state index contributed by atoms with van der Waals surface area (Å²) >= 11 is 0. The number of fused-ring (bicyclic) bond motifs is 7. The van der Waals surface area contributed by atoms with E-state index in [4.69, 9.17) is 0 Å². The van der Waals surface area contributed by atoms with Gasteiger partial charge in [0.2, 0.25) is 0 Å². The van der Waals surface area contributed by atoms with E-state index in [9.17, 15) is 14.4 Å². The van der Waals surface area contributed by atoms with E-state index in [1.165, 1.54) is 0 Å². The molecule has 0 aromatic heterocycles. The molecule has 0 aromatic carbocycles. The zero-order valence-electron chi connectivity index (χ0n) is 22.8. The van der Waals surface area contributed by atoms with Crippen LogP contribution in [0.15, 0.2) is 12.2 Å². The maximum atomic E-state index is 14.3. The van der Waals surface area contributed by atoms with E-state index in [0.717, 1.165) is 44.9 Å². The molecule has 0 aromatic rings. The summed E-state index contributed by atoms with van der Waals surface area (Å²) in [5.74, 6) is 1.87. The molecule has 5 aliphatic carbocycles. The maximum Gasteiger partial charge on any atom is 0.161 e. The van der Waals surface area contributed by atoms with Crippen LogP contribution in [-0.2, 0) is 14.4 Å². The minimum absolute atomic E-state index is 0.0498. The highest BCUT2D eigenvalue weighted by molar-refractivity contribution is 5.96. The Kier molecular flexibility index (Phi) is 4.99. The molecule has 0 N–H and O–H groups in total. The summed E-state index contributed by atoms with van der Waals surface area (Å²) in [6, 6.07) is 0. The van der Waals surface area contributed by atoms with Crippen molar-refractivity contribution in [3.63, 3.8) is 0 Å². The molecule has 5 rings (SSSR count). The quantitative estimate of drug-likeness (QED) is 0.419. The average Bonchev–Trinajstić information content (AvgIpc) is 2.74. The van der Waals surface area contributed by atoms with Crippen LogP contribution < -0.4 is 0 Å². The van der Waals surface area contributed by atoms with Gasteiger partial charge in [0, 0.05) is 23.2 Å². The van der Waals surface area contributed by atoms with Gasteiger partial charge in [0.1, 0.15) is 11.6 Å². The first kappa shape index (κ1) is 24.4. The van der Waals surface area contributed by atoms with E-state index in [1.807, 2.05) is 6.08 Å². The van der Waals surface area contributed by atoms with Gasteiger partial charge in [-0.05, 0) is 97.4 Å². The van der Waals surface area contributed by atoms with Crippen molar-refractivity contribution in [2.24, 2.45) is 56.2 Å². The van der Waals surface area contributed by atoms with Gasteiger partial charge in [-0.2, -0.15) is 0 Å². The van der Waals surface area contributed by atoms with Crippen LogP contribution >= 0.6 is 0 Å². The highest BCUT2D eigenvalue weighted by atomic mass is 16.1. The van der Waals surface area contributed by atoms with E-state index < -0.39 is 0 Å². The Morgan fingerprint density at radius 2 is 1.50 bits per heavy atom. The van der Waals surface area contributed by atoms with Crippen molar-refractivity contribution in [3.8, 4) is 0 Å². The zero-order chi connectivity index (χ0) is 25.1. The number of Topliss-reactive ketones (excluding diaryl/α,β-unsaturated/α-hetero) is 2. The third-order valence-electron chi connectivity index (χ3n) is 13.3. The van der Waals surface area contributed by atoms with E-state index >= 15 is 0 Å². The molecule has 3 nitrogen and oxygen atoms in total. The second-order valence-corrected chi connectivity index (χ2v) is 15.0. The largest absolute Gasteiger partial charge is 0.299 e. The molecule has 188 valence electrons. The summed E-state index contributed by atoms with van der Waals surface area (Å²) in [6.07, 6.45) is 12.0. The second kappa shape index (κ2) is 6.94. The molecule has 3 heteroatoms. The summed E-state index contributed by atoms with van der Waals surface area (Å²) in [4.78, 5) is 39.8. The fraction of sp³-hybridized carbons (Fsp3) is 0.839. The van der Waals surface area contributed by atoms with Crippen molar-refractivity contribution in [3.05, 3.63) is 12.2 Å². The van der Waals surface area contributed by atoms with Crippen LogP contribution in [0.25, 0.3) is 0 Å². The molecule has 0 aliphatic heterocycles.